The normalized spacial score (nSPS) is 26.9. The third-order valence-electron chi connectivity index (χ3n) is 8.51. The molecule has 6 heteroatoms. The summed E-state index contributed by atoms with van der Waals surface area (Å²) in [7, 11) is 0. The van der Waals surface area contributed by atoms with Gasteiger partial charge in [-0.3, -0.25) is 0 Å². The van der Waals surface area contributed by atoms with Gasteiger partial charge in [0.05, 0.1) is 0 Å². The molecule has 0 bridgehead atoms. The van der Waals surface area contributed by atoms with Gasteiger partial charge in [-0.2, -0.15) is 0 Å². The number of benzene rings is 1. The molecule has 1 spiro atoms. The summed E-state index contributed by atoms with van der Waals surface area (Å²) in [6.07, 6.45) is 16.9. The summed E-state index contributed by atoms with van der Waals surface area (Å²) in [5.74, 6) is 0.944. The highest BCUT2D eigenvalue weighted by atomic mass is 32.2. The molecule has 0 aromatic heterocycles. The van der Waals surface area contributed by atoms with Gasteiger partial charge in [-0.1, -0.05) is 43.9 Å². The lowest BCUT2D eigenvalue weighted by atomic mass is 9.89. The molecular weight excluding hydrogens is 468 g/mol. The van der Waals surface area contributed by atoms with Crippen LogP contribution in [0.4, 0.5) is 0 Å². The molecule has 0 radical (unpaired) electrons. The lowest BCUT2D eigenvalue weighted by Crippen LogP contribution is -2.40. The van der Waals surface area contributed by atoms with Crippen molar-refractivity contribution >= 4 is 24.1 Å². The fraction of sp³-hybridized carbons (Fsp3) is 0.793. The molecular formula is C29H48N4S2. The first kappa shape index (κ1) is 26.4. The average Bonchev–Trinajstić information content (AvgIpc) is 3.63. The Morgan fingerprint density at radius 3 is 2.00 bits per heavy atom. The summed E-state index contributed by atoms with van der Waals surface area (Å²) >= 11 is 4.11. The fourth-order valence-electron chi connectivity index (χ4n) is 6.31. The fourth-order valence-corrected chi connectivity index (χ4v) is 8.73. The maximum Gasteiger partial charge on any atom is 0.0230 e. The molecule has 4 fully saturated rings. The monoisotopic (exact) mass is 516 g/mol. The highest BCUT2D eigenvalue weighted by Gasteiger charge is 2.45. The summed E-state index contributed by atoms with van der Waals surface area (Å²) < 4.78 is 8.18. The van der Waals surface area contributed by atoms with Crippen LogP contribution in [0.2, 0.25) is 0 Å². The first-order valence-electron chi connectivity index (χ1n) is 14.6. The average molecular weight is 517 g/mol. The van der Waals surface area contributed by atoms with Crippen molar-refractivity contribution in [1.29, 1.82) is 0 Å². The largest absolute Gasteiger partial charge is 0.303 e. The van der Waals surface area contributed by atoms with Crippen LogP contribution in [0.25, 0.3) is 0 Å². The number of nitrogens with zero attached hydrogens (tertiary/aromatic N) is 4. The van der Waals surface area contributed by atoms with Crippen molar-refractivity contribution < 1.29 is 0 Å². The van der Waals surface area contributed by atoms with Gasteiger partial charge >= 0.3 is 0 Å². The van der Waals surface area contributed by atoms with Crippen LogP contribution in [-0.4, -0.2) is 76.7 Å². The smallest absolute Gasteiger partial charge is 0.0230 e. The molecule has 2 heterocycles. The van der Waals surface area contributed by atoms with E-state index in [0.717, 1.165) is 5.92 Å². The van der Waals surface area contributed by atoms with Crippen LogP contribution < -0.4 is 0 Å². The zero-order valence-electron chi connectivity index (χ0n) is 21.9. The van der Waals surface area contributed by atoms with Gasteiger partial charge in [-0.05, 0) is 99.9 Å². The van der Waals surface area contributed by atoms with E-state index in [1.807, 2.05) is 11.9 Å². The molecule has 0 N–H and O–H groups in total. The molecule has 196 valence electrons. The minimum absolute atomic E-state index is 0.506. The van der Waals surface area contributed by atoms with Crippen molar-refractivity contribution in [2.45, 2.75) is 81.9 Å². The second-order valence-corrected chi connectivity index (χ2v) is 14.1. The van der Waals surface area contributed by atoms with Crippen LogP contribution in [0, 0.1) is 11.3 Å². The lowest BCUT2D eigenvalue weighted by Gasteiger charge is -2.36. The van der Waals surface area contributed by atoms with Gasteiger partial charge in [0, 0.05) is 62.8 Å². The highest BCUT2D eigenvalue weighted by Crippen LogP contribution is 2.49. The topological polar surface area (TPSA) is 13.0 Å². The molecule has 2 aliphatic heterocycles. The zero-order valence-corrected chi connectivity index (χ0v) is 23.6. The Kier molecular flexibility index (Phi) is 10.2. The van der Waals surface area contributed by atoms with Gasteiger partial charge in [0.15, 0.2) is 0 Å². The quantitative estimate of drug-likeness (QED) is 0.383. The van der Waals surface area contributed by atoms with Crippen molar-refractivity contribution in [2.75, 3.05) is 58.9 Å². The molecule has 5 rings (SSSR count). The predicted molar refractivity (Wildman–Crippen MR) is 152 cm³/mol. The SMILES string of the molecule is c1ccc(SN2CCCN(CC3CCCCC3)CCCN(SN3CCCCC3)CC3(CC3)C2)cc1. The van der Waals surface area contributed by atoms with Crippen LogP contribution >= 0.6 is 24.1 Å². The molecule has 0 atom stereocenters. The maximum atomic E-state index is 2.85. The van der Waals surface area contributed by atoms with Crippen molar-refractivity contribution in [3.8, 4) is 0 Å². The standard InChI is InChI=1S/C29H48N4S2/c1-4-12-27(13-5-1)24-30-18-10-22-32(34-28-14-6-2-7-15-28)25-29(16-17-29)26-33(23-11-19-30)35-31-20-8-3-9-21-31/h2,6-7,14-15,27H,1,3-5,8-13,16-26H2. The van der Waals surface area contributed by atoms with Crippen LogP contribution in [0.5, 0.6) is 0 Å². The summed E-state index contributed by atoms with van der Waals surface area (Å²) in [5.41, 5.74) is 0.506. The first-order chi connectivity index (χ1) is 17.3. The van der Waals surface area contributed by atoms with Crippen LogP contribution in [-0.2, 0) is 0 Å². The van der Waals surface area contributed by atoms with E-state index >= 15 is 0 Å². The first-order valence-corrected chi connectivity index (χ1v) is 16.2. The van der Waals surface area contributed by atoms with Gasteiger partial charge in [-0.25, -0.2) is 12.9 Å². The van der Waals surface area contributed by atoms with Crippen molar-refractivity contribution in [3.05, 3.63) is 30.3 Å². The van der Waals surface area contributed by atoms with E-state index in [0.29, 0.717) is 5.41 Å². The Bertz CT molecular complexity index is 731. The maximum absolute atomic E-state index is 2.85. The number of hydrogen-bond donors (Lipinski definition) is 0. The third kappa shape index (κ3) is 8.65. The predicted octanol–water partition coefficient (Wildman–Crippen LogP) is 6.80. The summed E-state index contributed by atoms with van der Waals surface area (Å²) in [6, 6.07) is 11.1. The highest BCUT2D eigenvalue weighted by molar-refractivity contribution is 7.97. The van der Waals surface area contributed by atoms with Gasteiger partial charge in [0.1, 0.15) is 0 Å². The Hall–Kier alpha value is -0.240. The van der Waals surface area contributed by atoms with Crippen LogP contribution in [0.15, 0.2) is 35.2 Å². The van der Waals surface area contributed by atoms with E-state index < -0.39 is 0 Å². The van der Waals surface area contributed by atoms with Crippen molar-refractivity contribution in [3.63, 3.8) is 0 Å². The molecule has 0 amide bonds. The van der Waals surface area contributed by atoms with E-state index in [1.165, 1.54) is 141 Å². The summed E-state index contributed by atoms with van der Waals surface area (Å²) in [5, 5.41) is 0. The molecule has 35 heavy (non-hydrogen) atoms. The molecule has 0 unspecified atom stereocenters. The Morgan fingerprint density at radius 2 is 1.29 bits per heavy atom. The van der Waals surface area contributed by atoms with E-state index in [2.05, 4.69) is 60.3 Å². The Labute approximate surface area is 223 Å². The third-order valence-corrected chi connectivity index (χ3v) is 10.7. The van der Waals surface area contributed by atoms with Crippen molar-refractivity contribution in [1.82, 2.24) is 17.8 Å². The van der Waals surface area contributed by atoms with Gasteiger partial charge in [-0.15, -0.1) is 0 Å². The zero-order chi connectivity index (χ0) is 23.8. The van der Waals surface area contributed by atoms with E-state index in [4.69, 9.17) is 0 Å². The van der Waals surface area contributed by atoms with Gasteiger partial charge < -0.3 is 4.90 Å². The number of rotatable bonds is 6. The van der Waals surface area contributed by atoms with Gasteiger partial charge in [0.2, 0.25) is 0 Å². The van der Waals surface area contributed by atoms with Crippen LogP contribution in [0.3, 0.4) is 0 Å². The minimum atomic E-state index is 0.506. The van der Waals surface area contributed by atoms with E-state index in [1.54, 1.807) is 0 Å². The minimum Gasteiger partial charge on any atom is -0.303 e. The summed E-state index contributed by atoms with van der Waals surface area (Å²) in [6.45, 7) is 11.4. The number of piperidine rings is 1. The number of hydrogen-bond acceptors (Lipinski definition) is 6. The van der Waals surface area contributed by atoms with Crippen LogP contribution in [0.1, 0.15) is 77.0 Å². The van der Waals surface area contributed by atoms with Gasteiger partial charge in [0.25, 0.3) is 0 Å². The Balaban J connectivity index is 1.25. The molecule has 2 aliphatic carbocycles. The second-order valence-electron chi connectivity index (χ2n) is 11.7. The molecule has 2 saturated carbocycles. The molecule has 4 nitrogen and oxygen atoms in total. The molecule has 2 saturated heterocycles. The second kappa shape index (κ2) is 13.5. The summed E-state index contributed by atoms with van der Waals surface area (Å²) in [4.78, 5) is 4.24. The molecule has 1 aromatic carbocycles. The Morgan fingerprint density at radius 1 is 0.657 bits per heavy atom. The van der Waals surface area contributed by atoms with E-state index in [-0.39, 0.29) is 0 Å². The lowest BCUT2D eigenvalue weighted by molar-refractivity contribution is 0.180. The van der Waals surface area contributed by atoms with E-state index in [9.17, 15) is 0 Å². The molecule has 4 aliphatic rings. The molecule has 1 aromatic rings. The van der Waals surface area contributed by atoms with Crippen molar-refractivity contribution in [2.24, 2.45) is 11.3 Å².